The van der Waals surface area contributed by atoms with E-state index in [1.54, 1.807) is 0 Å². The minimum absolute atomic E-state index is 0.885. The molecule has 0 atom stereocenters. The fourth-order valence-electron chi connectivity index (χ4n) is 5.03. The van der Waals surface area contributed by atoms with Crippen LogP contribution in [0.2, 0.25) is 0 Å². The van der Waals surface area contributed by atoms with Gasteiger partial charge >= 0.3 is 0 Å². The lowest BCUT2D eigenvalue weighted by atomic mass is 9.90. The first-order valence-electron chi connectivity index (χ1n) is 11.5. The number of aromatic amines is 1. The zero-order valence-corrected chi connectivity index (χ0v) is 18.4. The summed E-state index contributed by atoms with van der Waals surface area (Å²) in [5.74, 6) is 0.885. The molecule has 1 N–H and O–H groups in total. The molecule has 3 heteroatoms. The SMILES string of the molecule is c1ccc(-c2ccc3[nH]c(-c4ccn5ccccc45)nc3c2-c2cccc3ccccc23)cc1. The smallest absolute Gasteiger partial charge is 0.140 e. The molecule has 0 saturated heterocycles. The van der Waals surface area contributed by atoms with E-state index in [9.17, 15) is 0 Å². The second kappa shape index (κ2) is 7.46. The first-order valence-corrected chi connectivity index (χ1v) is 11.5. The summed E-state index contributed by atoms with van der Waals surface area (Å²) in [6.07, 6.45) is 4.15. The average molecular weight is 436 g/mol. The molecule has 160 valence electrons. The summed E-state index contributed by atoms with van der Waals surface area (Å²) in [5, 5.41) is 2.46. The van der Waals surface area contributed by atoms with Gasteiger partial charge in [0.2, 0.25) is 0 Å². The third-order valence-electron chi connectivity index (χ3n) is 6.62. The van der Waals surface area contributed by atoms with Gasteiger partial charge in [-0.15, -0.1) is 0 Å². The summed E-state index contributed by atoms with van der Waals surface area (Å²) in [6.45, 7) is 0. The highest BCUT2D eigenvalue weighted by Gasteiger charge is 2.18. The predicted molar refractivity (Wildman–Crippen MR) is 141 cm³/mol. The summed E-state index contributed by atoms with van der Waals surface area (Å²) < 4.78 is 2.13. The molecule has 3 nitrogen and oxygen atoms in total. The van der Waals surface area contributed by atoms with Crippen molar-refractivity contribution in [1.82, 2.24) is 14.4 Å². The van der Waals surface area contributed by atoms with Crippen LogP contribution in [0.5, 0.6) is 0 Å². The van der Waals surface area contributed by atoms with E-state index >= 15 is 0 Å². The molecule has 7 aromatic rings. The van der Waals surface area contributed by atoms with Crippen molar-refractivity contribution in [3.05, 3.63) is 122 Å². The van der Waals surface area contributed by atoms with Gasteiger partial charge in [0.15, 0.2) is 0 Å². The number of aromatic nitrogens is 3. The number of nitrogens with zero attached hydrogens (tertiary/aromatic N) is 2. The van der Waals surface area contributed by atoms with Gasteiger partial charge in [-0.05, 0) is 51.7 Å². The van der Waals surface area contributed by atoms with Crippen LogP contribution in [0.4, 0.5) is 0 Å². The van der Waals surface area contributed by atoms with E-state index in [0.717, 1.165) is 33.5 Å². The Morgan fingerprint density at radius 2 is 1.41 bits per heavy atom. The Balaban J connectivity index is 1.57. The first-order chi connectivity index (χ1) is 16.9. The van der Waals surface area contributed by atoms with Gasteiger partial charge in [0.25, 0.3) is 0 Å². The molecular formula is C31H21N3. The molecule has 0 aliphatic rings. The van der Waals surface area contributed by atoms with Gasteiger partial charge in [-0.1, -0.05) is 84.9 Å². The molecule has 3 aromatic heterocycles. The van der Waals surface area contributed by atoms with Gasteiger partial charge in [-0.2, -0.15) is 0 Å². The van der Waals surface area contributed by atoms with E-state index in [0.29, 0.717) is 0 Å². The molecule has 0 amide bonds. The second-order valence-electron chi connectivity index (χ2n) is 8.58. The summed E-state index contributed by atoms with van der Waals surface area (Å²) in [5.41, 5.74) is 8.98. The maximum Gasteiger partial charge on any atom is 0.140 e. The summed E-state index contributed by atoms with van der Waals surface area (Å²) in [4.78, 5) is 8.81. The fraction of sp³-hybridized carbons (Fsp3) is 0. The van der Waals surface area contributed by atoms with Crippen LogP contribution in [0.1, 0.15) is 0 Å². The maximum absolute atomic E-state index is 5.21. The summed E-state index contributed by atoms with van der Waals surface area (Å²) in [7, 11) is 0. The molecule has 3 heterocycles. The van der Waals surface area contributed by atoms with Crippen molar-refractivity contribution in [2.45, 2.75) is 0 Å². The summed E-state index contributed by atoms with van der Waals surface area (Å²) in [6, 6.07) is 38.4. The molecule has 0 spiro atoms. The lowest BCUT2D eigenvalue weighted by Gasteiger charge is -2.13. The summed E-state index contributed by atoms with van der Waals surface area (Å²) >= 11 is 0. The quantitative estimate of drug-likeness (QED) is 0.300. The Morgan fingerprint density at radius 1 is 0.588 bits per heavy atom. The second-order valence-corrected chi connectivity index (χ2v) is 8.58. The third kappa shape index (κ3) is 2.87. The maximum atomic E-state index is 5.21. The van der Waals surface area contributed by atoms with Crippen molar-refractivity contribution in [2.75, 3.05) is 0 Å². The number of hydrogen-bond donors (Lipinski definition) is 1. The molecule has 4 aromatic carbocycles. The zero-order valence-electron chi connectivity index (χ0n) is 18.4. The first kappa shape index (κ1) is 18.9. The number of fused-ring (bicyclic) bond motifs is 3. The number of benzene rings is 4. The predicted octanol–water partition coefficient (Wildman–Crippen LogP) is 7.97. The average Bonchev–Trinajstić information content (AvgIpc) is 3.52. The van der Waals surface area contributed by atoms with Crippen LogP contribution < -0.4 is 0 Å². The van der Waals surface area contributed by atoms with Crippen LogP contribution in [0.15, 0.2) is 122 Å². The third-order valence-corrected chi connectivity index (χ3v) is 6.62. The van der Waals surface area contributed by atoms with Crippen LogP contribution >= 0.6 is 0 Å². The minimum atomic E-state index is 0.885. The van der Waals surface area contributed by atoms with Gasteiger partial charge in [0, 0.05) is 23.5 Å². The van der Waals surface area contributed by atoms with Crippen molar-refractivity contribution in [2.24, 2.45) is 0 Å². The van der Waals surface area contributed by atoms with Crippen LogP contribution in [0, 0.1) is 0 Å². The van der Waals surface area contributed by atoms with Crippen molar-refractivity contribution < 1.29 is 0 Å². The highest BCUT2D eigenvalue weighted by molar-refractivity contribution is 6.09. The molecular weight excluding hydrogens is 414 g/mol. The highest BCUT2D eigenvalue weighted by atomic mass is 14.9. The fourth-order valence-corrected chi connectivity index (χ4v) is 5.03. The lowest BCUT2D eigenvalue weighted by molar-refractivity contribution is 1.20. The van der Waals surface area contributed by atoms with Crippen molar-refractivity contribution in [3.63, 3.8) is 0 Å². The Bertz CT molecular complexity index is 1800. The molecule has 7 rings (SSSR count). The molecule has 34 heavy (non-hydrogen) atoms. The lowest BCUT2D eigenvalue weighted by Crippen LogP contribution is -1.89. The molecule has 0 bridgehead atoms. The standard InChI is InChI=1S/C31H21N3/c1-2-9-22(10-3-1)24-16-17-27-30(29(24)25-14-8-12-21-11-4-5-13-23(21)25)33-31(32-27)26-18-20-34-19-7-6-15-28(26)34/h1-20H,(H,32,33). The molecule has 0 radical (unpaired) electrons. The van der Waals surface area contributed by atoms with Crippen LogP contribution in [0.3, 0.4) is 0 Å². The molecule has 0 aliphatic carbocycles. The Hall–Kier alpha value is -4.63. The van der Waals surface area contributed by atoms with Gasteiger partial charge in [0.05, 0.1) is 16.6 Å². The van der Waals surface area contributed by atoms with Crippen molar-refractivity contribution in [3.8, 4) is 33.6 Å². The number of nitrogens with one attached hydrogen (secondary N) is 1. The van der Waals surface area contributed by atoms with Crippen LogP contribution in [-0.4, -0.2) is 14.4 Å². The van der Waals surface area contributed by atoms with Crippen LogP contribution in [0.25, 0.3) is 61.0 Å². The largest absolute Gasteiger partial charge is 0.338 e. The van der Waals surface area contributed by atoms with Crippen molar-refractivity contribution >= 4 is 27.3 Å². The molecule has 0 saturated carbocycles. The topological polar surface area (TPSA) is 33.1 Å². The minimum Gasteiger partial charge on any atom is -0.338 e. The Morgan fingerprint density at radius 3 is 2.35 bits per heavy atom. The number of H-pyrrole nitrogens is 1. The van der Waals surface area contributed by atoms with E-state index in [-0.39, 0.29) is 0 Å². The van der Waals surface area contributed by atoms with E-state index < -0.39 is 0 Å². The van der Waals surface area contributed by atoms with Crippen LogP contribution in [-0.2, 0) is 0 Å². The van der Waals surface area contributed by atoms with E-state index in [1.165, 1.54) is 27.5 Å². The Labute approximate surface area is 197 Å². The highest BCUT2D eigenvalue weighted by Crippen LogP contribution is 2.41. The number of hydrogen-bond acceptors (Lipinski definition) is 1. The zero-order chi connectivity index (χ0) is 22.5. The van der Waals surface area contributed by atoms with Gasteiger partial charge in [-0.3, -0.25) is 0 Å². The molecule has 0 aliphatic heterocycles. The van der Waals surface area contributed by atoms with E-state index in [2.05, 4.69) is 125 Å². The number of imidazole rings is 1. The van der Waals surface area contributed by atoms with Gasteiger partial charge < -0.3 is 9.38 Å². The van der Waals surface area contributed by atoms with Gasteiger partial charge in [-0.25, -0.2) is 4.98 Å². The van der Waals surface area contributed by atoms with Gasteiger partial charge in [0.1, 0.15) is 5.82 Å². The number of pyridine rings is 1. The van der Waals surface area contributed by atoms with E-state index in [4.69, 9.17) is 4.98 Å². The Kier molecular flexibility index (Phi) is 4.15. The molecule has 0 unspecified atom stereocenters. The monoisotopic (exact) mass is 435 g/mol. The number of rotatable bonds is 3. The molecule has 0 fully saturated rings. The normalized spacial score (nSPS) is 11.5. The van der Waals surface area contributed by atoms with E-state index in [1.807, 2.05) is 6.07 Å². The van der Waals surface area contributed by atoms with Crippen molar-refractivity contribution in [1.29, 1.82) is 0 Å².